The molecule has 74 valence electrons. The second kappa shape index (κ2) is 3.58. The molecule has 0 N–H and O–H groups in total. The average Bonchev–Trinajstić information content (AvgIpc) is 2.45. The first-order valence-corrected chi connectivity index (χ1v) is 5.35. The van der Waals surface area contributed by atoms with Crippen LogP contribution in [0.3, 0.4) is 0 Å². The molecule has 1 aromatic carbocycles. The molecule has 0 fully saturated rings. The Morgan fingerprint density at radius 2 is 2.14 bits per heavy atom. The summed E-state index contributed by atoms with van der Waals surface area (Å²) in [6.07, 6.45) is 0. The molecule has 0 saturated carbocycles. The smallest absolute Gasteiger partial charge is 0.165 e. The first-order valence-electron chi connectivity index (χ1n) is 4.53. The summed E-state index contributed by atoms with van der Waals surface area (Å²) >= 11 is 1.65. The van der Waals surface area contributed by atoms with Crippen LogP contribution < -0.4 is 4.74 Å². The van der Waals surface area contributed by atoms with Gasteiger partial charge in [-0.3, -0.25) is 0 Å². The fraction of sp³-hybridized carbons (Fsp3) is 0.273. The van der Waals surface area contributed by atoms with Gasteiger partial charge in [0.15, 0.2) is 11.6 Å². The molecule has 14 heavy (non-hydrogen) atoms. The predicted octanol–water partition coefficient (Wildman–Crippen LogP) is 3.75. The lowest BCUT2D eigenvalue weighted by Crippen LogP contribution is -1.93. The van der Waals surface area contributed by atoms with Crippen molar-refractivity contribution in [2.24, 2.45) is 0 Å². The fourth-order valence-corrected chi connectivity index (χ4v) is 2.37. The van der Waals surface area contributed by atoms with Crippen molar-refractivity contribution in [2.45, 2.75) is 13.8 Å². The van der Waals surface area contributed by atoms with Gasteiger partial charge in [-0.2, -0.15) is 0 Å². The molecule has 0 aliphatic carbocycles. The van der Waals surface area contributed by atoms with Gasteiger partial charge in [-0.25, -0.2) is 4.39 Å². The number of aryl methyl sites for hydroxylation is 1. The summed E-state index contributed by atoms with van der Waals surface area (Å²) in [4.78, 5) is 1.19. The second-order valence-electron chi connectivity index (χ2n) is 3.11. The van der Waals surface area contributed by atoms with E-state index in [1.54, 1.807) is 17.4 Å². The van der Waals surface area contributed by atoms with E-state index in [9.17, 15) is 4.39 Å². The average molecular weight is 210 g/mol. The van der Waals surface area contributed by atoms with Gasteiger partial charge in [0.05, 0.1) is 6.61 Å². The first-order chi connectivity index (χ1) is 6.70. The minimum atomic E-state index is -0.280. The van der Waals surface area contributed by atoms with E-state index >= 15 is 0 Å². The lowest BCUT2D eigenvalue weighted by Gasteiger charge is -2.03. The molecule has 3 heteroatoms. The van der Waals surface area contributed by atoms with Crippen LogP contribution in [-0.2, 0) is 0 Å². The molecule has 0 atom stereocenters. The topological polar surface area (TPSA) is 9.23 Å². The van der Waals surface area contributed by atoms with Gasteiger partial charge >= 0.3 is 0 Å². The summed E-state index contributed by atoms with van der Waals surface area (Å²) < 4.78 is 19.7. The molecule has 0 bridgehead atoms. The summed E-state index contributed by atoms with van der Waals surface area (Å²) in [6.45, 7) is 4.36. The summed E-state index contributed by atoms with van der Waals surface area (Å²) in [5.41, 5.74) is 0. The zero-order valence-electron chi connectivity index (χ0n) is 8.13. The Bertz CT molecular complexity index is 462. The molecule has 2 aromatic rings. The quantitative estimate of drug-likeness (QED) is 0.733. The Kier molecular flexibility index (Phi) is 2.42. The lowest BCUT2D eigenvalue weighted by atomic mass is 10.2. The molecule has 0 aliphatic rings. The van der Waals surface area contributed by atoms with Crippen LogP contribution in [0, 0.1) is 12.7 Å². The lowest BCUT2D eigenvalue weighted by molar-refractivity contribution is 0.322. The van der Waals surface area contributed by atoms with Gasteiger partial charge in [-0.1, -0.05) is 0 Å². The summed E-state index contributed by atoms with van der Waals surface area (Å²) in [5.74, 6) is 0.0685. The minimum Gasteiger partial charge on any atom is -0.491 e. The third-order valence-corrected chi connectivity index (χ3v) is 3.01. The number of fused-ring (bicyclic) bond motifs is 1. The van der Waals surface area contributed by atoms with Gasteiger partial charge < -0.3 is 4.74 Å². The van der Waals surface area contributed by atoms with Crippen molar-refractivity contribution >= 4 is 21.4 Å². The van der Waals surface area contributed by atoms with Crippen LogP contribution in [0.5, 0.6) is 5.75 Å². The van der Waals surface area contributed by atoms with E-state index in [2.05, 4.69) is 0 Å². The molecular weight excluding hydrogens is 199 g/mol. The summed E-state index contributed by atoms with van der Waals surface area (Å²) in [5, 5.41) is 0.952. The molecule has 0 unspecified atom stereocenters. The second-order valence-corrected chi connectivity index (χ2v) is 4.40. The van der Waals surface area contributed by atoms with E-state index in [4.69, 9.17) is 4.74 Å². The Morgan fingerprint density at radius 1 is 1.36 bits per heavy atom. The highest BCUT2D eigenvalue weighted by atomic mass is 32.1. The van der Waals surface area contributed by atoms with Crippen LogP contribution in [0.15, 0.2) is 18.2 Å². The number of thiophene rings is 1. The van der Waals surface area contributed by atoms with Gasteiger partial charge in [0.2, 0.25) is 0 Å². The van der Waals surface area contributed by atoms with Crippen molar-refractivity contribution in [3.63, 3.8) is 0 Å². The molecule has 1 aromatic heterocycles. The van der Waals surface area contributed by atoms with Crippen molar-refractivity contribution in [2.75, 3.05) is 6.61 Å². The fourth-order valence-electron chi connectivity index (χ4n) is 1.44. The number of ether oxygens (including phenoxy) is 1. The monoisotopic (exact) mass is 210 g/mol. The highest BCUT2D eigenvalue weighted by molar-refractivity contribution is 7.19. The first kappa shape index (κ1) is 9.46. The van der Waals surface area contributed by atoms with Crippen molar-refractivity contribution in [3.8, 4) is 5.75 Å². The molecule has 0 amide bonds. The maximum absolute atomic E-state index is 13.4. The number of benzene rings is 1. The third kappa shape index (κ3) is 1.60. The van der Waals surface area contributed by atoms with Crippen LogP contribution in [0.4, 0.5) is 4.39 Å². The number of rotatable bonds is 2. The van der Waals surface area contributed by atoms with Crippen LogP contribution in [0.25, 0.3) is 10.1 Å². The van der Waals surface area contributed by atoms with E-state index in [1.165, 1.54) is 10.9 Å². The Balaban J connectivity index is 2.58. The van der Waals surface area contributed by atoms with Gasteiger partial charge in [0.25, 0.3) is 0 Å². The molecule has 0 aliphatic heterocycles. The Hall–Kier alpha value is -1.09. The van der Waals surface area contributed by atoms with E-state index in [1.807, 2.05) is 19.9 Å². The van der Waals surface area contributed by atoms with E-state index in [0.29, 0.717) is 12.4 Å². The van der Waals surface area contributed by atoms with Crippen molar-refractivity contribution in [1.29, 1.82) is 0 Å². The van der Waals surface area contributed by atoms with Gasteiger partial charge in [0.1, 0.15) is 0 Å². The summed E-state index contributed by atoms with van der Waals surface area (Å²) in [7, 11) is 0. The number of hydrogen-bond donors (Lipinski definition) is 0. The van der Waals surface area contributed by atoms with E-state index in [0.717, 1.165) is 10.1 Å². The third-order valence-electron chi connectivity index (χ3n) is 1.99. The van der Waals surface area contributed by atoms with Crippen LogP contribution in [-0.4, -0.2) is 6.61 Å². The normalized spacial score (nSPS) is 10.8. The molecule has 2 rings (SSSR count). The SMILES string of the molecule is CCOc1cc2sc(C)cc2cc1F. The van der Waals surface area contributed by atoms with Gasteiger partial charge in [-0.05, 0) is 31.4 Å². The van der Waals surface area contributed by atoms with Crippen molar-refractivity contribution in [3.05, 3.63) is 28.9 Å². The van der Waals surface area contributed by atoms with Gasteiger partial charge in [-0.15, -0.1) is 11.3 Å². The maximum Gasteiger partial charge on any atom is 0.165 e. The molecule has 0 radical (unpaired) electrons. The zero-order chi connectivity index (χ0) is 10.1. The predicted molar refractivity (Wildman–Crippen MR) is 57.7 cm³/mol. The Morgan fingerprint density at radius 3 is 2.86 bits per heavy atom. The molecule has 0 saturated heterocycles. The van der Waals surface area contributed by atoms with Gasteiger partial charge in [0, 0.05) is 15.6 Å². The maximum atomic E-state index is 13.4. The van der Waals surface area contributed by atoms with E-state index in [-0.39, 0.29) is 5.82 Å². The number of hydrogen-bond acceptors (Lipinski definition) is 2. The van der Waals surface area contributed by atoms with Crippen LogP contribution in [0.1, 0.15) is 11.8 Å². The van der Waals surface area contributed by atoms with Crippen LogP contribution in [0.2, 0.25) is 0 Å². The van der Waals surface area contributed by atoms with E-state index < -0.39 is 0 Å². The molecule has 1 nitrogen and oxygen atoms in total. The minimum absolute atomic E-state index is 0.280. The highest BCUT2D eigenvalue weighted by Gasteiger charge is 2.07. The van der Waals surface area contributed by atoms with Crippen molar-refractivity contribution in [1.82, 2.24) is 0 Å². The highest BCUT2D eigenvalue weighted by Crippen LogP contribution is 2.30. The molecular formula is C11H11FOS. The largest absolute Gasteiger partial charge is 0.491 e. The standard InChI is InChI=1S/C11H11FOS/c1-3-13-10-6-11-8(5-9(10)12)4-7(2)14-11/h4-6H,3H2,1-2H3. The zero-order valence-corrected chi connectivity index (χ0v) is 8.95. The molecule has 0 spiro atoms. The number of halogens is 1. The van der Waals surface area contributed by atoms with Crippen molar-refractivity contribution < 1.29 is 9.13 Å². The van der Waals surface area contributed by atoms with Crippen LogP contribution >= 0.6 is 11.3 Å². The Labute approximate surface area is 86.1 Å². The molecule has 1 heterocycles. The summed E-state index contributed by atoms with van der Waals surface area (Å²) in [6, 6.07) is 5.29.